The van der Waals surface area contributed by atoms with Crippen LogP contribution in [0.25, 0.3) is 0 Å². The summed E-state index contributed by atoms with van der Waals surface area (Å²) >= 11 is 0. The number of hydrogen-bond acceptors (Lipinski definition) is 2. The zero-order valence-electron chi connectivity index (χ0n) is 11.6. The van der Waals surface area contributed by atoms with E-state index in [1.54, 1.807) is 7.11 Å². The Labute approximate surface area is 95.8 Å². The number of hydrogen-bond donors (Lipinski definition) is 1. The van der Waals surface area contributed by atoms with E-state index >= 15 is 0 Å². The molecule has 0 aromatic rings. The van der Waals surface area contributed by atoms with Crippen LogP contribution in [-0.4, -0.2) is 25.3 Å². The normalized spacial score (nSPS) is 16.8. The second kappa shape index (κ2) is 6.49. The van der Waals surface area contributed by atoms with Crippen LogP contribution in [0.5, 0.6) is 0 Å². The molecule has 0 fully saturated rings. The van der Waals surface area contributed by atoms with Crippen LogP contribution in [0, 0.1) is 11.8 Å². The van der Waals surface area contributed by atoms with Crippen LogP contribution in [-0.2, 0) is 4.74 Å². The van der Waals surface area contributed by atoms with Gasteiger partial charge in [0.25, 0.3) is 0 Å². The van der Waals surface area contributed by atoms with E-state index in [0.717, 1.165) is 24.8 Å². The highest BCUT2D eigenvalue weighted by Crippen LogP contribution is 2.16. The fourth-order valence-corrected chi connectivity index (χ4v) is 1.52. The molecule has 0 radical (unpaired) electrons. The lowest BCUT2D eigenvalue weighted by Gasteiger charge is -2.28. The van der Waals surface area contributed by atoms with E-state index in [4.69, 9.17) is 4.74 Å². The zero-order valence-corrected chi connectivity index (χ0v) is 11.6. The van der Waals surface area contributed by atoms with E-state index in [-0.39, 0.29) is 5.60 Å². The van der Waals surface area contributed by atoms with Gasteiger partial charge in [0.2, 0.25) is 0 Å². The summed E-state index contributed by atoms with van der Waals surface area (Å²) < 4.78 is 5.42. The maximum Gasteiger partial charge on any atom is 0.0637 e. The molecule has 15 heavy (non-hydrogen) atoms. The van der Waals surface area contributed by atoms with Crippen molar-refractivity contribution in [3.8, 4) is 0 Å². The van der Waals surface area contributed by atoms with Crippen LogP contribution in [0.3, 0.4) is 0 Å². The summed E-state index contributed by atoms with van der Waals surface area (Å²) in [6, 6.07) is 0.515. The number of rotatable bonds is 7. The average molecular weight is 215 g/mol. The molecule has 92 valence electrons. The van der Waals surface area contributed by atoms with Gasteiger partial charge in [0.1, 0.15) is 0 Å². The highest BCUT2D eigenvalue weighted by atomic mass is 16.5. The first-order chi connectivity index (χ1) is 6.78. The van der Waals surface area contributed by atoms with Crippen LogP contribution in [0.15, 0.2) is 0 Å². The van der Waals surface area contributed by atoms with Crippen molar-refractivity contribution in [1.82, 2.24) is 5.32 Å². The van der Waals surface area contributed by atoms with Gasteiger partial charge in [-0.15, -0.1) is 0 Å². The largest absolute Gasteiger partial charge is 0.379 e. The molecule has 0 aliphatic rings. The first-order valence-electron chi connectivity index (χ1n) is 6.07. The van der Waals surface area contributed by atoms with Gasteiger partial charge in [-0.1, -0.05) is 20.8 Å². The van der Waals surface area contributed by atoms with E-state index in [1.807, 2.05) is 0 Å². The van der Waals surface area contributed by atoms with Gasteiger partial charge in [0, 0.05) is 13.2 Å². The minimum atomic E-state index is -0.0204. The van der Waals surface area contributed by atoms with Crippen molar-refractivity contribution in [3.05, 3.63) is 0 Å². The quantitative estimate of drug-likeness (QED) is 0.704. The molecule has 0 aromatic heterocycles. The number of methoxy groups -OCH3 is 1. The second-order valence-electron chi connectivity index (χ2n) is 5.70. The van der Waals surface area contributed by atoms with Crippen molar-refractivity contribution in [2.75, 3.05) is 13.7 Å². The lowest BCUT2D eigenvalue weighted by Crippen LogP contribution is -2.38. The van der Waals surface area contributed by atoms with Crippen LogP contribution in [0.2, 0.25) is 0 Å². The van der Waals surface area contributed by atoms with Gasteiger partial charge >= 0.3 is 0 Å². The fraction of sp³-hybridized carbons (Fsp3) is 1.00. The van der Waals surface area contributed by atoms with Gasteiger partial charge in [-0.05, 0) is 45.6 Å². The molecule has 0 saturated heterocycles. The SMILES string of the molecule is COC(C)(C)CC(C)NCC(C)C(C)C. The van der Waals surface area contributed by atoms with Crippen molar-refractivity contribution in [3.63, 3.8) is 0 Å². The molecule has 2 heteroatoms. The topological polar surface area (TPSA) is 21.3 Å². The molecule has 0 heterocycles. The predicted octanol–water partition coefficient (Wildman–Crippen LogP) is 3.07. The average Bonchev–Trinajstić information content (AvgIpc) is 2.13. The molecule has 1 N–H and O–H groups in total. The van der Waals surface area contributed by atoms with E-state index in [0.29, 0.717) is 6.04 Å². The summed E-state index contributed by atoms with van der Waals surface area (Å²) in [5, 5.41) is 3.57. The van der Waals surface area contributed by atoms with Crippen molar-refractivity contribution < 1.29 is 4.74 Å². The Kier molecular flexibility index (Phi) is 6.46. The Hall–Kier alpha value is -0.0800. The standard InChI is InChI=1S/C13H29NO/c1-10(2)11(3)9-14-12(4)8-13(5,6)15-7/h10-12,14H,8-9H2,1-7H3. The molecular weight excluding hydrogens is 186 g/mol. The molecule has 0 rings (SSSR count). The Morgan fingerprint density at radius 1 is 1.13 bits per heavy atom. The van der Waals surface area contributed by atoms with Gasteiger partial charge in [0.15, 0.2) is 0 Å². The summed E-state index contributed by atoms with van der Waals surface area (Å²) in [4.78, 5) is 0. The van der Waals surface area contributed by atoms with Crippen molar-refractivity contribution in [2.24, 2.45) is 11.8 Å². The first kappa shape index (κ1) is 14.9. The maximum atomic E-state index is 5.42. The second-order valence-corrected chi connectivity index (χ2v) is 5.70. The molecule has 0 aliphatic carbocycles. The number of ether oxygens (including phenoxy) is 1. The highest BCUT2D eigenvalue weighted by Gasteiger charge is 2.20. The summed E-state index contributed by atoms with van der Waals surface area (Å²) in [6.07, 6.45) is 1.05. The maximum absolute atomic E-state index is 5.42. The Morgan fingerprint density at radius 2 is 1.67 bits per heavy atom. The predicted molar refractivity (Wildman–Crippen MR) is 67.2 cm³/mol. The summed E-state index contributed by atoms with van der Waals surface area (Å²) in [6.45, 7) is 14.4. The van der Waals surface area contributed by atoms with Gasteiger partial charge in [-0.25, -0.2) is 0 Å². The molecule has 2 unspecified atom stereocenters. The minimum Gasteiger partial charge on any atom is -0.379 e. The summed E-state index contributed by atoms with van der Waals surface area (Å²) in [5.41, 5.74) is -0.0204. The van der Waals surface area contributed by atoms with Crippen LogP contribution in [0.4, 0.5) is 0 Å². The van der Waals surface area contributed by atoms with Crippen molar-refractivity contribution in [2.45, 2.75) is 59.6 Å². The summed E-state index contributed by atoms with van der Waals surface area (Å²) in [5.74, 6) is 1.48. The van der Waals surface area contributed by atoms with Gasteiger partial charge < -0.3 is 10.1 Å². The van der Waals surface area contributed by atoms with Crippen molar-refractivity contribution in [1.29, 1.82) is 0 Å². The Morgan fingerprint density at radius 3 is 2.07 bits per heavy atom. The number of nitrogens with one attached hydrogen (secondary N) is 1. The van der Waals surface area contributed by atoms with E-state index in [2.05, 4.69) is 46.9 Å². The third kappa shape index (κ3) is 6.91. The Balaban J connectivity index is 3.80. The minimum absolute atomic E-state index is 0.0204. The lowest BCUT2D eigenvalue weighted by molar-refractivity contribution is 0.00823. The molecule has 2 nitrogen and oxygen atoms in total. The lowest BCUT2D eigenvalue weighted by atomic mass is 9.96. The van der Waals surface area contributed by atoms with Gasteiger partial charge in [-0.2, -0.15) is 0 Å². The van der Waals surface area contributed by atoms with E-state index in [1.165, 1.54) is 0 Å². The fourth-order valence-electron chi connectivity index (χ4n) is 1.52. The first-order valence-corrected chi connectivity index (χ1v) is 6.07. The van der Waals surface area contributed by atoms with Gasteiger partial charge in [0.05, 0.1) is 5.60 Å². The Bertz CT molecular complexity index is 166. The zero-order chi connectivity index (χ0) is 12.1. The third-order valence-corrected chi connectivity index (χ3v) is 3.28. The van der Waals surface area contributed by atoms with Gasteiger partial charge in [-0.3, -0.25) is 0 Å². The smallest absolute Gasteiger partial charge is 0.0637 e. The molecule has 0 amide bonds. The van der Waals surface area contributed by atoms with Crippen LogP contribution >= 0.6 is 0 Å². The third-order valence-electron chi connectivity index (χ3n) is 3.28. The van der Waals surface area contributed by atoms with Crippen LogP contribution in [0.1, 0.15) is 48.0 Å². The molecule has 0 saturated carbocycles. The summed E-state index contributed by atoms with van der Waals surface area (Å²) in [7, 11) is 1.78. The van der Waals surface area contributed by atoms with E-state index in [9.17, 15) is 0 Å². The molecular formula is C13H29NO. The molecule has 0 aliphatic heterocycles. The molecule has 0 spiro atoms. The highest BCUT2D eigenvalue weighted by molar-refractivity contribution is 4.76. The van der Waals surface area contributed by atoms with E-state index < -0.39 is 0 Å². The molecule has 2 atom stereocenters. The van der Waals surface area contributed by atoms with Crippen LogP contribution < -0.4 is 5.32 Å². The molecule has 0 bridgehead atoms. The van der Waals surface area contributed by atoms with Crippen molar-refractivity contribution >= 4 is 0 Å². The molecule has 0 aromatic carbocycles. The monoisotopic (exact) mass is 215 g/mol.